The van der Waals surface area contributed by atoms with Gasteiger partial charge < -0.3 is 5.32 Å². The van der Waals surface area contributed by atoms with Crippen LogP contribution >= 0.6 is 0 Å². The van der Waals surface area contributed by atoms with E-state index in [1.165, 1.54) is 25.1 Å². The maximum absolute atomic E-state index is 13.5. The lowest BCUT2D eigenvalue weighted by atomic mass is 10.1. The minimum absolute atomic E-state index is 0.103. The standard InChI is InChI=1S/C18H21FN2O3S/c1-12-8-9-13(2)17(10-12)20-18(22)14(3)21(25(4,23)24)16-7-5-6-15(19)11-16/h5-11,14H,1-4H3,(H,20,22)/t14-/m0/s1. The zero-order valence-corrected chi connectivity index (χ0v) is 15.4. The first-order valence-corrected chi connectivity index (χ1v) is 9.57. The maximum atomic E-state index is 13.5. The number of benzene rings is 2. The van der Waals surface area contributed by atoms with Crippen LogP contribution < -0.4 is 9.62 Å². The van der Waals surface area contributed by atoms with Crippen LogP contribution in [-0.2, 0) is 14.8 Å². The summed E-state index contributed by atoms with van der Waals surface area (Å²) >= 11 is 0. The zero-order chi connectivity index (χ0) is 18.8. The molecule has 0 aromatic heterocycles. The lowest BCUT2D eigenvalue weighted by molar-refractivity contribution is -0.116. The molecule has 0 spiro atoms. The SMILES string of the molecule is Cc1ccc(C)c(NC(=O)[C@H](C)N(c2cccc(F)c2)S(C)(=O)=O)c1. The molecule has 1 atom stereocenters. The van der Waals surface area contributed by atoms with E-state index in [0.29, 0.717) is 5.69 Å². The lowest BCUT2D eigenvalue weighted by Crippen LogP contribution is -2.45. The fraction of sp³-hybridized carbons (Fsp3) is 0.278. The summed E-state index contributed by atoms with van der Waals surface area (Å²) in [5.74, 6) is -1.07. The van der Waals surface area contributed by atoms with Crippen LogP contribution in [0.2, 0.25) is 0 Å². The number of nitrogens with zero attached hydrogens (tertiary/aromatic N) is 1. The van der Waals surface area contributed by atoms with Crippen LogP contribution in [-0.4, -0.2) is 26.6 Å². The van der Waals surface area contributed by atoms with E-state index in [0.717, 1.165) is 27.8 Å². The number of anilines is 2. The number of carbonyl (C=O) groups is 1. The summed E-state index contributed by atoms with van der Waals surface area (Å²) in [6.45, 7) is 5.21. The van der Waals surface area contributed by atoms with Gasteiger partial charge in [0.25, 0.3) is 0 Å². The summed E-state index contributed by atoms with van der Waals surface area (Å²) in [6.07, 6.45) is 0.986. The second kappa shape index (κ2) is 7.23. The molecule has 5 nitrogen and oxygen atoms in total. The minimum Gasteiger partial charge on any atom is -0.324 e. The predicted octanol–water partition coefficient (Wildman–Crippen LogP) is 3.24. The van der Waals surface area contributed by atoms with Gasteiger partial charge in [0.2, 0.25) is 15.9 Å². The zero-order valence-electron chi connectivity index (χ0n) is 14.6. The third kappa shape index (κ3) is 4.57. The Morgan fingerprint density at radius 1 is 1.16 bits per heavy atom. The summed E-state index contributed by atoms with van der Waals surface area (Å²) < 4.78 is 38.8. The smallest absolute Gasteiger partial charge is 0.248 e. The first-order chi connectivity index (χ1) is 11.6. The number of amides is 1. The number of aryl methyl sites for hydroxylation is 2. The number of hydrogen-bond acceptors (Lipinski definition) is 3. The molecule has 25 heavy (non-hydrogen) atoms. The third-order valence-electron chi connectivity index (χ3n) is 3.80. The molecule has 1 N–H and O–H groups in total. The summed E-state index contributed by atoms with van der Waals surface area (Å²) in [5.41, 5.74) is 2.55. The molecule has 0 fully saturated rings. The highest BCUT2D eigenvalue weighted by Gasteiger charge is 2.29. The van der Waals surface area contributed by atoms with Gasteiger partial charge in [-0.05, 0) is 56.2 Å². The van der Waals surface area contributed by atoms with Crippen LogP contribution in [0, 0.1) is 19.7 Å². The molecule has 0 saturated carbocycles. The number of carbonyl (C=O) groups excluding carboxylic acids is 1. The molecule has 2 rings (SSSR count). The summed E-state index contributed by atoms with van der Waals surface area (Å²) in [5, 5.41) is 2.75. The Kier molecular flexibility index (Phi) is 5.47. The highest BCUT2D eigenvalue weighted by molar-refractivity contribution is 7.92. The van der Waals surface area contributed by atoms with Gasteiger partial charge in [-0.15, -0.1) is 0 Å². The van der Waals surface area contributed by atoms with E-state index in [-0.39, 0.29) is 5.69 Å². The van der Waals surface area contributed by atoms with Crippen molar-refractivity contribution < 1.29 is 17.6 Å². The van der Waals surface area contributed by atoms with Gasteiger partial charge in [-0.3, -0.25) is 9.10 Å². The number of hydrogen-bond donors (Lipinski definition) is 1. The lowest BCUT2D eigenvalue weighted by Gasteiger charge is -2.28. The Labute approximate surface area is 147 Å². The van der Waals surface area contributed by atoms with Crippen molar-refractivity contribution in [3.05, 3.63) is 59.4 Å². The maximum Gasteiger partial charge on any atom is 0.248 e. The van der Waals surface area contributed by atoms with Crippen molar-refractivity contribution in [3.63, 3.8) is 0 Å². The summed E-state index contributed by atoms with van der Waals surface area (Å²) in [4.78, 5) is 12.6. The monoisotopic (exact) mass is 364 g/mol. The van der Waals surface area contributed by atoms with Crippen LogP contribution in [0.3, 0.4) is 0 Å². The van der Waals surface area contributed by atoms with Crippen molar-refractivity contribution >= 4 is 27.3 Å². The van der Waals surface area contributed by atoms with Crippen LogP contribution in [0.4, 0.5) is 15.8 Å². The quantitative estimate of drug-likeness (QED) is 0.886. The molecule has 2 aromatic carbocycles. The van der Waals surface area contributed by atoms with Gasteiger partial charge in [0.1, 0.15) is 11.9 Å². The minimum atomic E-state index is -3.78. The molecule has 0 aliphatic carbocycles. The van der Waals surface area contributed by atoms with E-state index < -0.39 is 27.8 Å². The first kappa shape index (κ1) is 18.9. The number of rotatable bonds is 5. The van der Waals surface area contributed by atoms with Crippen molar-refractivity contribution in [2.75, 3.05) is 15.9 Å². The fourth-order valence-electron chi connectivity index (χ4n) is 2.53. The number of nitrogens with one attached hydrogen (secondary N) is 1. The van der Waals surface area contributed by atoms with Gasteiger partial charge in [-0.2, -0.15) is 0 Å². The van der Waals surface area contributed by atoms with Gasteiger partial charge in [0.05, 0.1) is 11.9 Å². The predicted molar refractivity (Wildman–Crippen MR) is 97.7 cm³/mol. The molecule has 134 valence electrons. The van der Waals surface area contributed by atoms with Crippen LogP contribution in [0.5, 0.6) is 0 Å². The molecule has 2 aromatic rings. The van der Waals surface area contributed by atoms with Crippen LogP contribution in [0.1, 0.15) is 18.1 Å². The molecule has 7 heteroatoms. The van der Waals surface area contributed by atoms with E-state index >= 15 is 0 Å². The summed E-state index contributed by atoms with van der Waals surface area (Å²) in [6, 6.07) is 9.71. The normalized spacial score (nSPS) is 12.5. The van der Waals surface area contributed by atoms with Gasteiger partial charge in [0, 0.05) is 5.69 Å². The third-order valence-corrected chi connectivity index (χ3v) is 5.04. The molecule has 0 aliphatic heterocycles. The fourth-order valence-corrected chi connectivity index (χ4v) is 3.70. The Hall–Kier alpha value is -2.41. The molecular weight excluding hydrogens is 343 g/mol. The molecule has 0 radical (unpaired) electrons. The van der Waals surface area contributed by atoms with Crippen LogP contribution in [0.25, 0.3) is 0 Å². The van der Waals surface area contributed by atoms with Crippen molar-refractivity contribution in [1.29, 1.82) is 0 Å². The van der Waals surface area contributed by atoms with Crippen molar-refractivity contribution in [1.82, 2.24) is 0 Å². The highest BCUT2D eigenvalue weighted by Crippen LogP contribution is 2.23. The Morgan fingerprint density at radius 3 is 2.44 bits per heavy atom. The van der Waals surface area contributed by atoms with Gasteiger partial charge in [-0.1, -0.05) is 18.2 Å². The second-order valence-electron chi connectivity index (χ2n) is 6.02. The van der Waals surface area contributed by atoms with Gasteiger partial charge >= 0.3 is 0 Å². The second-order valence-corrected chi connectivity index (χ2v) is 7.88. The Morgan fingerprint density at radius 2 is 1.84 bits per heavy atom. The Balaban J connectivity index is 2.35. The molecular formula is C18H21FN2O3S. The van der Waals surface area contributed by atoms with E-state index in [1.807, 2.05) is 32.0 Å². The van der Waals surface area contributed by atoms with Gasteiger partial charge in [0.15, 0.2) is 0 Å². The Bertz CT molecular complexity index is 897. The molecule has 1 amide bonds. The molecule has 0 heterocycles. The summed E-state index contributed by atoms with van der Waals surface area (Å²) in [7, 11) is -3.78. The van der Waals surface area contributed by atoms with Crippen molar-refractivity contribution in [2.24, 2.45) is 0 Å². The first-order valence-electron chi connectivity index (χ1n) is 7.72. The van der Waals surface area contributed by atoms with Gasteiger partial charge in [-0.25, -0.2) is 12.8 Å². The number of sulfonamides is 1. The topological polar surface area (TPSA) is 66.5 Å². The van der Waals surface area contributed by atoms with E-state index in [2.05, 4.69) is 5.32 Å². The molecule has 0 aliphatic rings. The number of halogens is 1. The average molecular weight is 364 g/mol. The van der Waals surface area contributed by atoms with Crippen molar-refractivity contribution in [2.45, 2.75) is 26.8 Å². The van der Waals surface area contributed by atoms with E-state index in [4.69, 9.17) is 0 Å². The van der Waals surface area contributed by atoms with Crippen molar-refractivity contribution in [3.8, 4) is 0 Å². The molecule has 0 saturated heterocycles. The largest absolute Gasteiger partial charge is 0.324 e. The average Bonchev–Trinajstić information content (AvgIpc) is 2.49. The highest BCUT2D eigenvalue weighted by atomic mass is 32.2. The molecule has 0 bridgehead atoms. The van der Waals surface area contributed by atoms with Crippen LogP contribution in [0.15, 0.2) is 42.5 Å². The van der Waals surface area contributed by atoms with E-state index in [1.54, 1.807) is 0 Å². The van der Waals surface area contributed by atoms with E-state index in [9.17, 15) is 17.6 Å². The molecule has 0 unspecified atom stereocenters.